The number of fused-ring (bicyclic) bond motifs is 1. The van der Waals surface area contributed by atoms with Gasteiger partial charge in [-0.2, -0.15) is 9.78 Å². The molecule has 1 saturated heterocycles. The van der Waals surface area contributed by atoms with Crippen LogP contribution in [-0.2, 0) is 0 Å². The van der Waals surface area contributed by atoms with Gasteiger partial charge in [-0.15, -0.1) is 0 Å². The number of anilines is 1. The van der Waals surface area contributed by atoms with Crippen molar-refractivity contribution < 1.29 is 18.3 Å². The lowest BCUT2D eigenvalue weighted by Gasteiger charge is -2.36. The Balaban J connectivity index is 1.35. The number of pyridine rings is 1. The van der Waals surface area contributed by atoms with Gasteiger partial charge in [-0.25, -0.2) is 23.5 Å². The number of nitrogens with one attached hydrogen (secondary N) is 1. The average Bonchev–Trinajstić information content (AvgIpc) is 3.51. The van der Waals surface area contributed by atoms with Crippen LogP contribution < -0.4 is 9.64 Å². The number of halogens is 3. The highest BCUT2D eigenvalue weighted by Crippen LogP contribution is 2.33. The summed E-state index contributed by atoms with van der Waals surface area (Å²) >= 11 is 6.01. The van der Waals surface area contributed by atoms with E-state index >= 15 is 0 Å². The summed E-state index contributed by atoms with van der Waals surface area (Å²) in [7, 11) is 0. The third-order valence-electron chi connectivity index (χ3n) is 5.57. The molecule has 0 unspecified atom stereocenters. The van der Waals surface area contributed by atoms with Crippen LogP contribution in [0.25, 0.3) is 22.6 Å². The first-order chi connectivity index (χ1) is 16.6. The molecule has 1 aromatic carbocycles. The Morgan fingerprint density at radius 1 is 1.18 bits per heavy atom. The maximum Gasteiger partial charge on any atom is 0.346 e. The Labute approximate surface area is 197 Å². The zero-order chi connectivity index (χ0) is 23.7. The Morgan fingerprint density at radius 2 is 2.00 bits per heavy atom. The molecule has 0 atom stereocenters. The van der Waals surface area contributed by atoms with Crippen molar-refractivity contribution in [2.45, 2.75) is 0 Å². The summed E-state index contributed by atoms with van der Waals surface area (Å²) in [6.07, 6.45) is 4.90. The van der Waals surface area contributed by atoms with Crippen LogP contribution >= 0.6 is 11.6 Å². The minimum absolute atomic E-state index is 0.0777. The molecule has 1 fully saturated rings. The summed E-state index contributed by atoms with van der Waals surface area (Å²) in [5, 5.41) is 5.26. The van der Waals surface area contributed by atoms with E-state index in [1.165, 1.54) is 10.7 Å². The van der Waals surface area contributed by atoms with Crippen molar-refractivity contribution in [2.24, 2.45) is 0 Å². The van der Waals surface area contributed by atoms with Crippen molar-refractivity contribution in [3.8, 4) is 17.3 Å². The molecule has 4 heterocycles. The molecule has 1 aliphatic heterocycles. The van der Waals surface area contributed by atoms with E-state index in [1.54, 1.807) is 34.5 Å². The highest BCUT2D eigenvalue weighted by molar-refractivity contribution is 6.32. The molecule has 4 aromatic rings. The number of hydrogen-bond donors (Lipinski definition) is 1. The average molecular weight is 488 g/mol. The maximum atomic E-state index is 14.6. The van der Waals surface area contributed by atoms with Gasteiger partial charge < -0.3 is 19.5 Å². The summed E-state index contributed by atoms with van der Waals surface area (Å²) in [4.78, 5) is 28.3. The smallest absolute Gasteiger partial charge is 0.346 e. The zero-order valence-corrected chi connectivity index (χ0v) is 18.7. The van der Waals surface area contributed by atoms with Gasteiger partial charge in [0.05, 0.1) is 16.1 Å². The monoisotopic (exact) mass is 487 g/mol. The van der Waals surface area contributed by atoms with Crippen molar-refractivity contribution in [1.29, 1.82) is 0 Å². The highest BCUT2D eigenvalue weighted by Gasteiger charge is 2.28. The number of aromatic nitrogens is 5. The van der Waals surface area contributed by atoms with Crippen LogP contribution in [0.15, 0.2) is 42.9 Å². The number of hydrogen-bond acceptors (Lipinski definition) is 6. The number of benzene rings is 1. The molecular weight excluding hydrogens is 468 g/mol. The second-order valence-corrected chi connectivity index (χ2v) is 8.01. The normalized spacial score (nSPS) is 14.1. The first kappa shape index (κ1) is 22.1. The van der Waals surface area contributed by atoms with Crippen LogP contribution in [0.4, 0.5) is 19.3 Å². The second kappa shape index (κ2) is 9.26. The van der Waals surface area contributed by atoms with Gasteiger partial charge in [-0.1, -0.05) is 11.6 Å². The van der Waals surface area contributed by atoms with Gasteiger partial charge in [-0.05, 0) is 18.2 Å². The molecule has 1 N–H and O–H groups in total. The van der Waals surface area contributed by atoms with Crippen LogP contribution in [0.2, 0.25) is 5.02 Å². The summed E-state index contributed by atoms with van der Waals surface area (Å²) in [5.74, 6) is 0.245. The van der Waals surface area contributed by atoms with Gasteiger partial charge in [0.2, 0.25) is 0 Å². The fourth-order valence-electron chi connectivity index (χ4n) is 3.95. The molecule has 0 spiro atoms. The first-order valence-electron chi connectivity index (χ1n) is 10.6. The molecule has 5 rings (SSSR count). The van der Waals surface area contributed by atoms with Crippen molar-refractivity contribution in [1.82, 2.24) is 29.6 Å². The van der Waals surface area contributed by atoms with Crippen molar-refractivity contribution in [3.63, 3.8) is 0 Å². The standard InChI is InChI=1S/C22H20ClF2N7O2/c23-15-12-16(25)17(13-18(15)34-11-3-24)30-7-9-31(10-8-30)22(33)32-21-14(2-1-4-28-21)19(29-32)20-26-5-6-27-20/h1-2,4-6,12-13H,3,7-11H2,(H,26,27). The Bertz CT molecular complexity index is 1320. The zero-order valence-electron chi connectivity index (χ0n) is 17.9. The number of aromatic amines is 1. The molecule has 176 valence electrons. The van der Waals surface area contributed by atoms with Gasteiger partial charge >= 0.3 is 6.03 Å². The van der Waals surface area contributed by atoms with Crippen molar-refractivity contribution in [2.75, 3.05) is 44.4 Å². The SMILES string of the molecule is O=C(N1CCN(c2cc(OCCF)c(Cl)cc2F)CC1)n1nc(-c2ncc[nH]2)c2cccnc21. The molecule has 9 nitrogen and oxygen atoms in total. The predicted molar refractivity (Wildman–Crippen MR) is 123 cm³/mol. The molecule has 34 heavy (non-hydrogen) atoms. The second-order valence-electron chi connectivity index (χ2n) is 7.60. The van der Waals surface area contributed by atoms with Crippen LogP contribution in [0.1, 0.15) is 0 Å². The first-order valence-corrected chi connectivity index (χ1v) is 11.0. The van der Waals surface area contributed by atoms with Crippen LogP contribution in [-0.4, -0.2) is 75.1 Å². The van der Waals surface area contributed by atoms with Crippen LogP contribution in [0.5, 0.6) is 5.75 Å². The minimum Gasteiger partial charge on any atom is -0.489 e. The molecular formula is C22H20ClF2N7O2. The molecule has 1 aliphatic rings. The number of rotatable bonds is 5. The van der Waals surface area contributed by atoms with E-state index in [1.807, 2.05) is 6.07 Å². The summed E-state index contributed by atoms with van der Waals surface area (Å²) in [6.45, 7) is 0.591. The molecule has 0 aliphatic carbocycles. The minimum atomic E-state index is -0.678. The van der Waals surface area contributed by atoms with Gasteiger partial charge in [0, 0.05) is 50.8 Å². The molecule has 0 saturated carbocycles. The van der Waals surface area contributed by atoms with E-state index in [-0.39, 0.29) is 29.1 Å². The molecule has 1 amide bonds. The number of amides is 1. The lowest BCUT2D eigenvalue weighted by atomic mass is 10.2. The van der Waals surface area contributed by atoms with E-state index < -0.39 is 12.5 Å². The Morgan fingerprint density at radius 3 is 2.74 bits per heavy atom. The number of imidazole rings is 1. The number of H-pyrrole nitrogens is 1. The van der Waals surface area contributed by atoms with E-state index in [2.05, 4.69) is 20.1 Å². The van der Waals surface area contributed by atoms with E-state index in [9.17, 15) is 13.6 Å². The topological polar surface area (TPSA) is 92.2 Å². The largest absolute Gasteiger partial charge is 0.489 e. The number of nitrogens with zero attached hydrogens (tertiary/aromatic N) is 6. The summed E-state index contributed by atoms with van der Waals surface area (Å²) in [5.41, 5.74) is 1.25. The lowest BCUT2D eigenvalue weighted by Crippen LogP contribution is -2.50. The van der Waals surface area contributed by atoms with Crippen LogP contribution in [0, 0.1) is 5.82 Å². The molecule has 3 aromatic heterocycles. The number of carbonyl (C=O) groups excluding carboxylic acids is 1. The number of carbonyl (C=O) groups is 1. The quantitative estimate of drug-likeness (QED) is 0.461. The predicted octanol–water partition coefficient (Wildman–Crippen LogP) is 3.75. The Kier molecular flexibility index (Phi) is 6.01. The number of alkyl halides is 1. The molecule has 12 heteroatoms. The van der Waals surface area contributed by atoms with Gasteiger partial charge in [-0.3, -0.25) is 0 Å². The number of ether oxygens (including phenoxy) is 1. The van der Waals surface area contributed by atoms with Gasteiger partial charge in [0.15, 0.2) is 11.5 Å². The van der Waals surface area contributed by atoms with E-state index in [0.717, 1.165) is 6.07 Å². The van der Waals surface area contributed by atoms with E-state index in [0.29, 0.717) is 48.7 Å². The lowest BCUT2D eigenvalue weighted by molar-refractivity contribution is 0.193. The fraction of sp³-hybridized carbons (Fsp3) is 0.273. The van der Waals surface area contributed by atoms with Crippen molar-refractivity contribution in [3.05, 3.63) is 53.7 Å². The van der Waals surface area contributed by atoms with Crippen LogP contribution in [0.3, 0.4) is 0 Å². The summed E-state index contributed by atoms with van der Waals surface area (Å²) < 4.78 is 33.6. The maximum absolute atomic E-state index is 14.6. The van der Waals surface area contributed by atoms with Gasteiger partial charge in [0.1, 0.15) is 30.5 Å². The molecule has 0 radical (unpaired) electrons. The highest BCUT2D eigenvalue weighted by atomic mass is 35.5. The number of piperazine rings is 1. The fourth-order valence-corrected chi connectivity index (χ4v) is 4.15. The van der Waals surface area contributed by atoms with E-state index in [4.69, 9.17) is 16.3 Å². The van der Waals surface area contributed by atoms with Gasteiger partial charge in [0.25, 0.3) is 0 Å². The third-order valence-corrected chi connectivity index (χ3v) is 5.87. The Hall–Kier alpha value is -3.73. The molecule has 0 bridgehead atoms. The van der Waals surface area contributed by atoms with Crippen molar-refractivity contribution >= 4 is 34.4 Å². The summed E-state index contributed by atoms with van der Waals surface area (Å²) in [6, 6.07) is 5.90. The third kappa shape index (κ3) is 4.03.